The first-order valence-corrected chi connectivity index (χ1v) is 11.6. The van der Waals surface area contributed by atoms with E-state index in [1.807, 2.05) is 0 Å². The number of esters is 1. The minimum Gasteiger partial charge on any atom is -0.481 e. The summed E-state index contributed by atoms with van der Waals surface area (Å²) >= 11 is 0. The number of aliphatic carboxylic acids is 1. The van der Waals surface area contributed by atoms with E-state index in [1.165, 1.54) is 4.90 Å². The van der Waals surface area contributed by atoms with Crippen LogP contribution in [-0.2, 0) is 28.7 Å². The number of aliphatic imine (C=N–C) groups is 1. The molecule has 2 saturated heterocycles. The maximum atomic E-state index is 13.4. The van der Waals surface area contributed by atoms with Gasteiger partial charge in [0, 0.05) is 19.5 Å². The molecule has 0 aromatic rings. The monoisotopic (exact) mass is 496 g/mol. The van der Waals surface area contributed by atoms with Gasteiger partial charge in [-0.15, -0.1) is 0 Å². The summed E-state index contributed by atoms with van der Waals surface area (Å²) in [5, 5.41) is 13.9. The van der Waals surface area contributed by atoms with Crippen LogP contribution in [-0.4, -0.2) is 81.9 Å². The molecule has 2 aliphatic rings. The first kappa shape index (κ1) is 27.9. The van der Waals surface area contributed by atoms with Crippen LogP contribution in [0.3, 0.4) is 0 Å². The van der Waals surface area contributed by atoms with Crippen molar-refractivity contribution in [2.24, 2.45) is 22.4 Å². The highest BCUT2D eigenvalue weighted by atomic mass is 16.6. The molecule has 2 heterocycles. The zero-order valence-corrected chi connectivity index (χ0v) is 20.6. The van der Waals surface area contributed by atoms with Gasteiger partial charge in [0.1, 0.15) is 23.7 Å². The van der Waals surface area contributed by atoms with Crippen LogP contribution in [0.5, 0.6) is 0 Å². The lowest BCUT2D eigenvalue weighted by Gasteiger charge is -2.39. The number of fused-ring (bicyclic) bond motifs is 1. The van der Waals surface area contributed by atoms with E-state index < -0.39 is 59.8 Å². The van der Waals surface area contributed by atoms with Gasteiger partial charge in [0.25, 0.3) is 0 Å². The highest BCUT2D eigenvalue weighted by Crippen LogP contribution is 2.39. The fourth-order valence-electron chi connectivity index (χ4n) is 4.63. The SMILES string of the molecule is CC(=O)N[C@@H](CC(=O)O)C(=O)N[C@@H]1CC[C@@H]2[C@@H](CCN=C(N)N)C[C@@H](C(=O)OC(C)(C)C)N2C1=O. The molecule has 0 radical (unpaired) electrons. The fraction of sp³-hybridized carbons (Fsp3) is 0.727. The lowest BCUT2D eigenvalue weighted by atomic mass is 9.88. The van der Waals surface area contributed by atoms with Crippen molar-refractivity contribution in [2.75, 3.05) is 6.54 Å². The summed E-state index contributed by atoms with van der Waals surface area (Å²) in [6.45, 7) is 6.72. The molecule has 0 spiro atoms. The second-order valence-corrected chi connectivity index (χ2v) is 9.94. The average Bonchev–Trinajstić information content (AvgIpc) is 3.07. The van der Waals surface area contributed by atoms with Crippen LogP contribution < -0.4 is 22.1 Å². The fourth-order valence-corrected chi connectivity index (χ4v) is 4.63. The minimum atomic E-state index is -1.33. The van der Waals surface area contributed by atoms with Crippen molar-refractivity contribution in [1.82, 2.24) is 15.5 Å². The maximum Gasteiger partial charge on any atom is 0.329 e. The molecule has 0 bridgehead atoms. The predicted octanol–water partition coefficient (Wildman–Crippen LogP) is -1.16. The first-order chi connectivity index (χ1) is 16.2. The molecule has 13 nitrogen and oxygen atoms in total. The maximum absolute atomic E-state index is 13.4. The molecule has 35 heavy (non-hydrogen) atoms. The Bertz CT molecular complexity index is 864. The molecule has 7 N–H and O–H groups in total. The standard InChI is InChI=1S/C22H36N6O7/c1-11(29)26-14(10-17(30)31)18(32)27-13-5-6-15-12(7-8-25-21(23)24)9-16(28(15)19(13)33)20(34)35-22(2,3)4/h12-16H,5-10H2,1-4H3,(H,26,29)(H,27,32)(H,30,31)(H4,23,24,25)/t12-,13+,14-,15+,16-/m0/s1. The second kappa shape index (κ2) is 11.4. The largest absolute Gasteiger partial charge is 0.481 e. The number of nitrogens with two attached hydrogens (primary N) is 2. The van der Waals surface area contributed by atoms with E-state index in [0.29, 0.717) is 32.2 Å². The Morgan fingerprint density at radius 3 is 2.43 bits per heavy atom. The summed E-state index contributed by atoms with van der Waals surface area (Å²) < 4.78 is 5.55. The third-order valence-corrected chi connectivity index (χ3v) is 5.93. The summed E-state index contributed by atoms with van der Waals surface area (Å²) in [4.78, 5) is 67.1. The number of nitrogens with zero attached hydrogens (tertiary/aromatic N) is 2. The summed E-state index contributed by atoms with van der Waals surface area (Å²) in [6, 6.07) is -3.39. The summed E-state index contributed by atoms with van der Waals surface area (Å²) in [7, 11) is 0. The number of nitrogens with one attached hydrogen (secondary N) is 2. The molecular weight excluding hydrogens is 460 g/mol. The number of carbonyl (C=O) groups is 5. The normalized spacial score (nSPS) is 24.7. The zero-order valence-electron chi connectivity index (χ0n) is 20.6. The number of carboxylic acid groups (broad SMARTS) is 1. The molecule has 3 amide bonds. The van der Waals surface area contributed by atoms with E-state index in [-0.39, 0.29) is 17.9 Å². The van der Waals surface area contributed by atoms with Gasteiger partial charge < -0.3 is 36.8 Å². The van der Waals surface area contributed by atoms with Crippen molar-refractivity contribution in [3.63, 3.8) is 0 Å². The van der Waals surface area contributed by atoms with Crippen molar-refractivity contribution in [3.05, 3.63) is 0 Å². The van der Waals surface area contributed by atoms with Gasteiger partial charge in [0.2, 0.25) is 17.7 Å². The Morgan fingerprint density at radius 2 is 1.89 bits per heavy atom. The van der Waals surface area contributed by atoms with E-state index in [9.17, 15) is 24.0 Å². The van der Waals surface area contributed by atoms with E-state index in [4.69, 9.17) is 21.3 Å². The molecule has 2 rings (SSSR count). The first-order valence-electron chi connectivity index (χ1n) is 11.6. The van der Waals surface area contributed by atoms with Gasteiger partial charge in [0.05, 0.1) is 6.42 Å². The number of guanidine groups is 1. The number of rotatable bonds is 9. The van der Waals surface area contributed by atoms with E-state index >= 15 is 0 Å². The van der Waals surface area contributed by atoms with E-state index in [1.54, 1.807) is 20.8 Å². The van der Waals surface area contributed by atoms with Crippen molar-refractivity contribution < 1.29 is 33.8 Å². The van der Waals surface area contributed by atoms with E-state index in [0.717, 1.165) is 6.92 Å². The number of hydrogen-bond donors (Lipinski definition) is 5. The third-order valence-electron chi connectivity index (χ3n) is 5.93. The Labute approximate surface area is 204 Å². The number of hydrogen-bond acceptors (Lipinski definition) is 7. The number of amides is 3. The quantitative estimate of drug-likeness (QED) is 0.148. The van der Waals surface area contributed by atoms with Crippen molar-refractivity contribution in [3.8, 4) is 0 Å². The molecule has 0 saturated carbocycles. The predicted molar refractivity (Wildman–Crippen MR) is 125 cm³/mol. The van der Waals surface area contributed by atoms with Crippen LogP contribution in [0.25, 0.3) is 0 Å². The molecular formula is C22H36N6O7. The highest BCUT2D eigenvalue weighted by molar-refractivity contribution is 5.95. The van der Waals surface area contributed by atoms with E-state index in [2.05, 4.69) is 15.6 Å². The number of carboxylic acids is 1. The molecule has 2 fully saturated rings. The average molecular weight is 497 g/mol. The van der Waals surface area contributed by atoms with Crippen molar-refractivity contribution >= 4 is 35.6 Å². The van der Waals surface area contributed by atoms with Crippen molar-refractivity contribution in [1.29, 1.82) is 0 Å². The van der Waals surface area contributed by atoms with Gasteiger partial charge in [-0.1, -0.05) is 0 Å². The topological polar surface area (TPSA) is 207 Å². The van der Waals surface area contributed by atoms with Gasteiger partial charge in [-0.05, 0) is 52.4 Å². The molecule has 0 aromatic carbocycles. The lowest BCUT2D eigenvalue weighted by Crippen LogP contribution is -2.60. The summed E-state index contributed by atoms with van der Waals surface area (Å²) in [6.07, 6.45) is 1.11. The summed E-state index contributed by atoms with van der Waals surface area (Å²) in [5.41, 5.74) is 10.1. The Kier molecular flexibility index (Phi) is 9.05. The second-order valence-electron chi connectivity index (χ2n) is 9.94. The summed E-state index contributed by atoms with van der Waals surface area (Å²) in [5.74, 6) is -3.70. The number of ether oxygens (including phenoxy) is 1. The Hall–Kier alpha value is -3.38. The lowest BCUT2D eigenvalue weighted by molar-refractivity contribution is -0.165. The van der Waals surface area contributed by atoms with Gasteiger partial charge in [-0.2, -0.15) is 0 Å². The Balaban J connectivity index is 2.22. The van der Waals surface area contributed by atoms with Crippen LogP contribution in [0.2, 0.25) is 0 Å². The highest BCUT2D eigenvalue weighted by Gasteiger charge is 2.52. The third kappa shape index (κ3) is 7.82. The van der Waals surface area contributed by atoms with Crippen LogP contribution in [0.4, 0.5) is 0 Å². The van der Waals surface area contributed by atoms with Crippen LogP contribution >= 0.6 is 0 Å². The van der Waals surface area contributed by atoms with Crippen LogP contribution in [0, 0.1) is 5.92 Å². The van der Waals surface area contributed by atoms with Gasteiger partial charge in [-0.25, -0.2) is 4.79 Å². The molecule has 5 atom stereocenters. The molecule has 0 unspecified atom stereocenters. The van der Waals surface area contributed by atoms with Crippen molar-refractivity contribution in [2.45, 2.75) is 89.6 Å². The number of carbonyl (C=O) groups excluding carboxylic acids is 4. The van der Waals surface area contributed by atoms with Gasteiger partial charge in [0.15, 0.2) is 5.96 Å². The molecule has 0 aliphatic carbocycles. The van der Waals surface area contributed by atoms with Crippen LogP contribution in [0.15, 0.2) is 4.99 Å². The smallest absolute Gasteiger partial charge is 0.329 e. The Morgan fingerprint density at radius 1 is 1.23 bits per heavy atom. The van der Waals surface area contributed by atoms with Gasteiger partial charge >= 0.3 is 11.9 Å². The number of piperidine rings is 1. The molecule has 0 aromatic heterocycles. The molecule has 13 heteroatoms. The van der Waals surface area contributed by atoms with Crippen LogP contribution in [0.1, 0.15) is 59.8 Å². The van der Waals surface area contributed by atoms with Gasteiger partial charge in [-0.3, -0.25) is 24.2 Å². The minimum absolute atomic E-state index is 0.0406. The molecule has 196 valence electrons. The molecule has 2 aliphatic heterocycles. The zero-order chi connectivity index (χ0) is 26.5.